The number of benzene rings is 1. The molecule has 1 aromatic rings. The van der Waals surface area contributed by atoms with E-state index in [1.165, 1.54) is 19.6 Å². The van der Waals surface area contributed by atoms with Gasteiger partial charge in [-0.15, -0.1) is 0 Å². The first-order chi connectivity index (χ1) is 11.9. The maximum Gasteiger partial charge on any atom is 0.338 e. The van der Waals surface area contributed by atoms with Crippen LogP contribution in [0.15, 0.2) is 18.2 Å². The van der Waals surface area contributed by atoms with Gasteiger partial charge in [0.15, 0.2) is 0 Å². The van der Waals surface area contributed by atoms with Crippen molar-refractivity contribution in [1.82, 2.24) is 10.2 Å². The summed E-state index contributed by atoms with van der Waals surface area (Å²) in [7, 11) is 1.18. The lowest BCUT2D eigenvalue weighted by atomic mass is 10.0. The second-order valence-corrected chi connectivity index (χ2v) is 6.32. The van der Waals surface area contributed by atoms with E-state index in [-0.39, 0.29) is 16.8 Å². The Morgan fingerprint density at radius 2 is 2.08 bits per heavy atom. The minimum Gasteiger partial charge on any atom is -0.465 e. The second-order valence-electron chi connectivity index (χ2n) is 6.32. The van der Waals surface area contributed by atoms with E-state index in [0.717, 1.165) is 38.2 Å². The van der Waals surface area contributed by atoms with E-state index in [1.54, 1.807) is 0 Å². The van der Waals surface area contributed by atoms with Gasteiger partial charge in [0.2, 0.25) is 0 Å². The van der Waals surface area contributed by atoms with Crippen molar-refractivity contribution in [3.63, 3.8) is 0 Å². The van der Waals surface area contributed by atoms with Gasteiger partial charge in [0.05, 0.1) is 17.6 Å². The number of methoxy groups -OCH3 is 1. The molecule has 1 aliphatic heterocycles. The van der Waals surface area contributed by atoms with Crippen LogP contribution in [0, 0.1) is 16.0 Å². The van der Waals surface area contributed by atoms with Gasteiger partial charge in [0.25, 0.3) is 11.6 Å². The highest BCUT2D eigenvalue weighted by Gasteiger charge is 2.19. The Bertz CT molecular complexity index is 662. The molecule has 2 rings (SSSR count). The monoisotopic (exact) mass is 349 g/mol. The maximum absolute atomic E-state index is 12.3. The van der Waals surface area contributed by atoms with Gasteiger partial charge < -0.3 is 15.0 Å². The summed E-state index contributed by atoms with van der Waals surface area (Å²) < 4.78 is 4.58. The minimum atomic E-state index is -0.722. The highest BCUT2D eigenvalue weighted by molar-refractivity contribution is 5.98. The van der Waals surface area contributed by atoms with Crippen LogP contribution in [0.3, 0.4) is 0 Å². The van der Waals surface area contributed by atoms with Crippen molar-refractivity contribution < 1.29 is 19.2 Å². The molecule has 0 aliphatic carbocycles. The molecule has 0 aromatic heterocycles. The number of carbonyl (C=O) groups excluding carboxylic acids is 2. The van der Waals surface area contributed by atoms with Crippen LogP contribution in [0.4, 0.5) is 5.69 Å². The van der Waals surface area contributed by atoms with Gasteiger partial charge in [-0.1, -0.05) is 6.92 Å². The van der Waals surface area contributed by atoms with Gasteiger partial charge in [-0.25, -0.2) is 4.79 Å². The molecule has 1 N–H and O–H groups in total. The standard InChI is InChI=1S/C17H23N3O5/c1-12-4-3-6-19(11-12)7-5-18-16(21)13-8-14(17(22)25-2)10-15(9-13)20(23)24/h8-10,12H,3-7,11H2,1-2H3,(H,18,21). The summed E-state index contributed by atoms with van der Waals surface area (Å²) in [4.78, 5) is 36.6. The number of likely N-dealkylation sites (tertiary alicyclic amines) is 1. The minimum absolute atomic E-state index is 0.0216. The zero-order chi connectivity index (χ0) is 18.4. The number of hydrogen-bond acceptors (Lipinski definition) is 6. The molecule has 1 atom stereocenters. The molecule has 0 bridgehead atoms. The van der Waals surface area contributed by atoms with Crippen molar-refractivity contribution >= 4 is 17.6 Å². The molecule has 0 radical (unpaired) electrons. The van der Waals surface area contributed by atoms with Crippen molar-refractivity contribution in [2.75, 3.05) is 33.3 Å². The molecule has 0 spiro atoms. The Hall–Kier alpha value is -2.48. The summed E-state index contributed by atoms with van der Waals surface area (Å²) in [5.74, 6) is -0.511. The molecule has 136 valence electrons. The Morgan fingerprint density at radius 1 is 1.36 bits per heavy atom. The Morgan fingerprint density at radius 3 is 2.72 bits per heavy atom. The van der Waals surface area contributed by atoms with Crippen molar-refractivity contribution in [3.05, 3.63) is 39.4 Å². The third-order valence-corrected chi connectivity index (χ3v) is 4.27. The van der Waals surface area contributed by atoms with Crippen molar-refractivity contribution in [1.29, 1.82) is 0 Å². The molecule has 1 fully saturated rings. The predicted molar refractivity (Wildman–Crippen MR) is 91.6 cm³/mol. The van der Waals surface area contributed by atoms with Crippen LogP contribution in [0.25, 0.3) is 0 Å². The third-order valence-electron chi connectivity index (χ3n) is 4.27. The molecular formula is C17H23N3O5. The Labute approximate surface area is 146 Å². The number of amides is 1. The van der Waals surface area contributed by atoms with Gasteiger partial charge in [0.1, 0.15) is 0 Å². The molecule has 1 saturated heterocycles. The highest BCUT2D eigenvalue weighted by atomic mass is 16.6. The second kappa shape index (κ2) is 8.57. The van der Waals surface area contributed by atoms with Gasteiger partial charge in [-0.3, -0.25) is 14.9 Å². The number of nitrogens with zero attached hydrogens (tertiary/aromatic N) is 2. The SMILES string of the molecule is COC(=O)c1cc(C(=O)NCCN2CCCC(C)C2)cc([N+](=O)[O-])c1. The molecule has 8 nitrogen and oxygen atoms in total. The number of nitro groups is 1. The summed E-state index contributed by atoms with van der Waals surface area (Å²) in [5, 5.41) is 13.8. The largest absolute Gasteiger partial charge is 0.465 e. The lowest BCUT2D eigenvalue weighted by Gasteiger charge is -2.30. The summed E-state index contributed by atoms with van der Waals surface area (Å²) in [6.45, 7) is 5.42. The quantitative estimate of drug-likeness (QED) is 0.478. The van der Waals surface area contributed by atoms with Crippen molar-refractivity contribution in [2.45, 2.75) is 19.8 Å². The van der Waals surface area contributed by atoms with E-state index < -0.39 is 16.8 Å². The number of nitro benzene ring substituents is 1. The van der Waals surface area contributed by atoms with Crippen molar-refractivity contribution in [2.24, 2.45) is 5.92 Å². The van der Waals surface area contributed by atoms with E-state index in [4.69, 9.17) is 0 Å². The normalized spacial score (nSPS) is 17.8. The number of non-ortho nitro benzene ring substituents is 1. The number of esters is 1. The van der Waals surface area contributed by atoms with Crippen LogP contribution in [0.5, 0.6) is 0 Å². The molecule has 1 unspecified atom stereocenters. The fourth-order valence-electron chi connectivity index (χ4n) is 3.00. The summed E-state index contributed by atoms with van der Waals surface area (Å²) in [5.41, 5.74) is -0.272. The van der Waals surface area contributed by atoms with Crippen LogP contribution in [0.1, 0.15) is 40.5 Å². The number of rotatable bonds is 6. The molecule has 8 heteroatoms. The molecule has 1 heterocycles. The van der Waals surface area contributed by atoms with Gasteiger partial charge in [-0.05, 0) is 31.4 Å². The van der Waals surface area contributed by atoms with Crippen LogP contribution < -0.4 is 5.32 Å². The van der Waals surface area contributed by atoms with Crippen molar-refractivity contribution in [3.8, 4) is 0 Å². The number of ether oxygens (including phenoxy) is 1. The average molecular weight is 349 g/mol. The fraction of sp³-hybridized carbons (Fsp3) is 0.529. The third kappa shape index (κ3) is 5.25. The maximum atomic E-state index is 12.3. The zero-order valence-electron chi connectivity index (χ0n) is 14.5. The topological polar surface area (TPSA) is 102 Å². The fourth-order valence-corrected chi connectivity index (χ4v) is 3.00. The Kier molecular flexibility index (Phi) is 6.46. The smallest absolute Gasteiger partial charge is 0.338 e. The summed E-state index contributed by atoms with van der Waals surface area (Å²) in [6, 6.07) is 3.56. The van der Waals surface area contributed by atoms with E-state index in [2.05, 4.69) is 21.9 Å². The lowest BCUT2D eigenvalue weighted by Crippen LogP contribution is -2.40. The van der Waals surface area contributed by atoms with Gasteiger partial charge in [-0.2, -0.15) is 0 Å². The number of piperidine rings is 1. The molecule has 1 aliphatic rings. The molecule has 0 saturated carbocycles. The van der Waals surface area contributed by atoms with Crippen LogP contribution in [-0.2, 0) is 4.74 Å². The molecule has 1 aromatic carbocycles. The van der Waals surface area contributed by atoms with Crippen LogP contribution in [0.2, 0.25) is 0 Å². The number of hydrogen-bond donors (Lipinski definition) is 1. The van der Waals surface area contributed by atoms with E-state index >= 15 is 0 Å². The van der Waals surface area contributed by atoms with Gasteiger partial charge in [0, 0.05) is 37.3 Å². The van der Waals surface area contributed by atoms with Crippen LogP contribution >= 0.6 is 0 Å². The molecular weight excluding hydrogens is 326 g/mol. The van der Waals surface area contributed by atoms with E-state index in [0.29, 0.717) is 12.5 Å². The predicted octanol–water partition coefficient (Wildman–Crippen LogP) is 1.84. The van der Waals surface area contributed by atoms with E-state index in [1.807, 2.05) is 0 Å². The average Bonchev–Trinajstić information content (AvgIpc) is 2.60. The first-order valence-electron chi connectivity index (χ1n) is 8.29. The summed E-state index contributed by atoms with van der Waals surface area (Å²) >= 11 is 0. The number of carbonyl (C=O) groups is 2. The highest BCUT2D eigenvalue weighted by Crippen LogP contribution is 2.18. The van der Waals surface area contributed by atoms with E-state index in [9.17, 15) is 19.7 Å². The Balaban J connectivity index is 2.01. The molecule has 25 heavy (non-hydrogen) atoms. The first kappa shape index (κ1) is 18.9. The lowest BCUT2D eigenvalue weighted by molar-refractivity contribution is -0.384. The number of nitrogens with one attached hydrogen (secondary N) is 1. The van der Waals surface area contributed by atoms with Gasteiger partial charge >= 0.3 is 5.97 Å². The molecule has 1 amide bonds. The first-order valence-corrected chi connectivity index (χ1v) is 8.29. The van der Waals surface area contributed by atoms with Crippen LogP contribution in [-0.4, -0.2) is 55.0 Å². The summed E-state index contributed by atoms with van der Waals surface area (Å²) in [6.07, 6.45) is 2.38. The zero-order valence-corrected chi connectivity index (χ0v) is 14.5.